The SMILES string of the molecule is C=C/C=C(\C)OC1CCN(C(=O)OC(C)(C)C)CC1(F)F. The molecular weight excluding hydrogens is 280 g/mol. The van der Waals surface area contributed by atoms with Gasteiger partial charge in [-0.25, -0.2) is 13.6 Å². The van der Waals surface area contributed by atoms with Crippen molar-refractivity contribution in [3.05, 3.63) is 24.5 Å². The number of ether oxygens (including phenoxy) is 2. The molecule has 1 aliphatic rings. The summed E-state index contributed by atoms with van der Waals surface area (Å²) in [5.41, 5.74) is -0.705. The summed E-state index contributed by atoms with van der Waals surface area (Å²) in [4.78, 5) is 12.9. The number of piperidine rings is 1. The summed E-state index contributed by atoms with van der Waals surface area (Å²) in [6.07, 6.45) is 1.08. The van der Waals surface area contributed by atoms with Gasteiger partial charge in [-0.1, -0.05) is 12.7 Å². The molecule has 0 N–H and O–H groups in total. The highest BCUT2D eigenvalue weighted by atomic mass is 19.3. The van der Waals surface area contributed by atoms with Crippen molar-refractivity contribution in [2.45, 2.75) is 51.7 Å². The fourth-order valence-electron chi connectivity index (χ4n) is 1.98. The molecule has 1 amide bonds. The molecule has 1 fully saturated rings. The fraction of sp³-hybridized carbons (Fsp3) is 0.667. The Balaban J connectivity index is 2.68. The lowest BCUT2D eigenvalue weighted by atomic mass is 10.0. The van der Waals surface area contributed by atoms with Crippen LogP contribution < -0.4 is 0 Å². The van der Waals surface area contributed by atoms with Gasteiger partial charge in [-0.3, -0.25) is 0 Å². The Bertz CT molecular complexity index is 427. The van der Waals surface area contributed by atoms with Crippen molar-refractivity contribution in [1.29, 1.82) is 0 Å². The van der Waals surface area contributed by atoms with Crippen molar-refractivity contribution >= 4 is 6.09 Å². The zero-order valence-corrected chi connectivity index (χ0v) is 13.0. The minimum atomic E-state index is -3.12. The topological polar surface area (TPSA) is 38.8 Å². The van der Waals surface area contributed by atoms with Crippen LogP contribution in [0.3, 0.4) is 0 Å². The quantitative estimate of drug-likeness (QED) is 0.589. The van der Waals surface area contributed by atoms with E-state index in [-0.39, 0.29) is 13.0 Å². The molecule has 1 unspecified atom stereocenters. The van der Waals surface area contributed by atoms with E-state index < -0.39 is 30.3 Å². The molecule has 0 aromatic heterocycles. The number of nitrogens with zero attached hydrogens (tertiary/aromatic N) is 1. The molecule has 21 heavy (non-hydrogen) atoms. The Morgan fingerprint density at radius 2 is 2.05 bits per heavy atom. The third-order valence-electron chi connectivity index (χ3n) is 2.87. The number of likely N-dealkylation sites (tertiary alicyclic amines) is 1. The zero-order chi connectivity index (χ0) is 16.3. The average Bonchev–Trinajstić information content (AvgIpc) is 2.29. The predicted molar refractivity (Wildman–Crippen MR) is 76.2 cm³/mol. The molecule has 1 rings (SSSR count). The highest BCUT2D eigenvalue weighted by Gasteiger charge is 2.48. The maximum Gasteiger partial charge on any atom is 0.410 e. The molecule has 0 aromatic carbocycles. The predicted octanol–water partition coefficient (Wildman–Crippen LogP) is 3.74. The number of rotatable bonds is 3. The molecule has 0 saturated carbocycles. The molecular formula is C15H23F2NO3. The zero-order valence-electron chi connectivity index (χ0n) is 13.0. The number of allylic oxidation sites excluding steroid dienone is 3. The molecule has 0 aromatic rings. The normalized spacial score (nSPS) is 22.7. The molecule has 1 saturated heterocycles. The number of hydrogen-bond acceptors (Lipinski definition) is 3. The first-order valence-electron chi connectivity index (χ1n) is 6.87. The number of halogens is 2. The van der Waals surface area contributed by atoms with Gasteiger partial charge in [0.2, 0.25) is 0 Å². The lowest BCUT2D eigenvalue weighted by molar-refractivity contribution is -0.155. The molecule has 1 atom stereocenters. The summed E-state index contributed by atoms with van der Waals surface area (Å²) in [7, 11) is 0. The van der Waals surface area contributed by atoms with E-state index in [0.29, 0.717) is 5.76 Å². The van der Waals surface area contributed by atoms with E-state index in [1.807, 2.05) is 0 Å². The molecule has 1 aliphatic heterocycles. The Morgan fingerprint density at radius 3 is 2.52 bits per heavy atom. The molecule has 120 valence electrons. The van der Waals surface area contributed by atoms with Crippen LogP contribution in [0.25, 0.3) is 0 Å². The summed E-state index contributed by atoms with van der Waals surface area (Å²) >= 11 is 0. The fourth-order valence-corrected chi connectivity index (χ4v) is 1.98. The number of carbonyl (C=O) groups is 1. The van der Waals surface area contributed by atoms with E-state index in [2.05, 4.69) is 6.58 Å². The second-order valence-electron chi connectivity index (χ2n) is 6.07. The highest BCUT2D eigenvalue weighted by molar-refractivity contribution is 5.68. The molecule has 1 heterocycles. The van der Waals surface area contributed by atoms with E-state index >= 15 is 0 Å². The second-order valence-corrected chi connectivity index (χ2v) is 6.07. The van der Waals surface area contributed by atoms with Gasteiger partial charge < -0.3 is 14.4 Å². The maximum absolute atomic E-state index is 14.1. The van der Waals surface area contributed by atoms with Crippen molar-refractivity contribution in [3.8, 4) is 0 Å². The highest BCUT2D eigenvalue weighted by Crippen LogP contribution is 2.31. The van der Waals surface area contributed by atoms with Gasteiger partial charge in [-0.05, 0) is 33.8 Å². The first kappa shape index (κ1) is 17.5. The lowest BCUT2D eigenvalue weighted by Crippen LogP contribution is -2.54. The van der Waals surface area contributed by atoms with Crippen molar-refractivity contribution in [2.75, 3.05) is 13.1 Å². The number of amides is 1. The molecule has 0 aliphatic carbocycles. The number of carbonyl (C=O) groups excluding carboxylic acids is 1. The summed E-state index contributed by atoms with van der Waals surface area (Å²) in [5, 5.41) is 0. The first-order valence-corrected chi connectivity index (χ1v) is 6.87. The molecule has 6 heteroatoms. The van der Waals surface area contributed by atoms with Gasteiger partial charge >= 0.3 is 12.0 Å². The Hall–Kier alpha value is -1.59. The Kier molecular flexibility index (Phi) is 5.36. The first-order chi connectivity index (χ1) is 9.55. The third-order valence-corrected chi connectivity index (χ3v) is 2.87. The molecule has 0 bridgehead atoms. The van der Waals surface area contributed by atoms with Gasteiger partial charge in [0.1, 0.15) is 5.60 Å². The van der Waals surface area contributed by atoms with Gasteiger partial charge in [-0.15, -0.1) is 0 Å². The third kappa shape index (κ3) is 5.36. The van der Waals surface area contributed by atoms with E-state index in [0.717, 1.165) is 4.90 Å². The van der Waals surface area contributed by atoms with Crippen LogP contribution in [0.5, 0.6) is 0 Å². The van der Waals surface area contributed by atoms with Crippen molar-refractivity contribution < 1.29 is 23.0 Å². The van der Waals surface area contributed by atoms with Crippen LogP contribution in [0.1, 0.15) is 34.1 Å². The largest absolute Gasteiger partial charge is 0.489 e. The van der Waals surface area contributed by atoms with Gasteiger partial charge in [-0.2, -0.15) is 0 Å². The van der Waals surface area contributed by atoms with Crippen LogP contribution in [0.4, 0.5) is 13.6 Å². The van der Waals surface area contributed by atoms with Crippen LogP contribution in [-0.2, 0) is 9.47 Å². The van der Waals surface area contributed by atoms with Crippen molar-refractivity contribution in [3.63, 3.8) is 0 Å². The van der Waals surface area contributed by atoms with Gasteiger partial charge in [0.25, 0.3) is 0 Å². The summed E-state index contributed by atoms with van der Waals surface area (Å²) in [6.45, 7) is 9.65. The number of alkyl halides is 2. The average molecular weight is 303 g/mol. The van der Waals surface area contributed by atoms with Gasteiger partial charge in [0.05, 0.1) is 12.3 Å². The maximum atomic E-state index is 14.1. The summed E-state index contributed by atoms with van der Waals surface area (Å²) < 4.78 is 38.5. The summed E-state index contributed by atoms with van der Waals surface area (Å²) in [6, 6.07) is 0. The van der Waals surface area contributed by atoms with Gasteiger partial charge in [0, 0.05) is 13.0 Å². The Morgan fingerprint density at radius 1 is 1.43 bits per heavy atom. The van der Waals surface area contributed by atoms with Crippen LogP contribution in [0.2, 0.25) is 0 Å². The molecule has 4 nitrogen and oxygen atoms in total. The van der Waals surface area contributed by atoms with E-state index in [4.69, 9.17) is 9.47 Å². The monoisotopic (exact) mass is 303 g/mol. The smallest absolute Gasteiger partial charge is 0.410 e. The van der Waals surface area contributed by atoms with E-state index in [9.17, 15) is 13.6 Å². The van der Waals surface area contributed by atoms with Crippen LogP contribution in [-0.4, -0.2) is 41.7 Å². The van der Waals surface area contributed by atoms with Crippen molar-refractivity contribution in [2.24, 2.45) is 0 Å². The molecule has 0 radical (unpaired) electrons. The van der Waals surface area contributed by atoms with Crippen LogP contribution >= 0.6 is 0 Å². The standard InChI is InChI=1S/C15H23F2NO3/c1-6-7-11(2)20-12-8-9-18(10-15(12,16)17)13(19)21-14(3,4)5/h6-7,12H,1,8-10H2,2-5H3/b11-7+. The van der Waals surface area contributed by atoms with Gasteiger partial charge in [0.15, 0.2) is 6.10 Å². The lowest BCUT2D eigenvalue weighted by Gasteiger charge is -2.38. The molecule has 0 spiro atoms. The second kappa shape index (κ2) is 6.45. The van der Waals surface area contributed by atoms with Crippen LogP contribution in [0, 0.1) is 0 Å². The minimum absolute atomic E-state index is 0.0502. The van der Waals surface area contributed by atoms with Crippen molar-refractivity contribution in [1.82, 2.24) is 4.90 Å². The van der Waals surface area contributed by atoms with E-state index in [1.165, 1.54) is 12.2 Å². The van der Waals surface area contributed by atoms with Crippen LogP contribution in [0.15, 0.2) is 24.5 Å². The Labute approximate surface area is 124 Å². The van der Waals surface area contributed by atoms with E-state index in [1.54, 1.807) is 27.7 Å². The summed E-state index contributed by atoms with van der Waals surface area (Å²) in [5.74, 6) is -2.74. The minimum Gasteiger partial charge on any atom is -0.489 e. The number of hydrogen-bond donors (Lipinski definition) is 0.